The normalized spacial score (nSPS) is 27.0. The SMILES string of the molecule is C=CCC1(CCO[Si](C)(C)C(C)(C)C)C(O)CN(C(=O)OC(C)(C)C)[C@@H]1C. The van der Waals surface area contributed by atoms with E-state index in [1.54, 1.807) is 4.90 Å². The predicted molar refractivity (Wildman–Crippen MR) is 113 cm³/mol. The summed E-state index contributed by atoms with van der Waals surface area (Å²) < 4.78 is 11.9. The molecular formula is C21H41NO4Si. The van der Waals surface area contributed by atoms with Crippen molar-refractivity contribution in [3.8, 4) is 0 Å². The van der Waals surface area contributed by atoms with E-state index in [0.29, 0.717) is 19.4 Å². The van der Waals surface area contributed by atoms with Crippen LogP contribution in [0.3, 0.4) is 0 Å². The minimum Gasteiger partial charge on any atom is -0.444 e. The van der Waals surface area contributed by atoms with Crippen molar-refractivity contribution in [2.45, 2.75) is 97.2 Å². The molecule has 0 aliphatic carbocycles. The Hall–Kier alpha value is -0.853. The Morgan fingerprint density at radius 1 is 1.30 bits per heavy atom. The molecular weight excluding hydrogens is 358 g/mol. The highest BCUT2D eigenvalue weighted by Crippen LogP contribution is 2.45. The lowest BCUT2D eigenvalue weighted by Crippen LogP contribution is -2.46. The summed E-state index contributed by atoms with van der Waals surface area (Å²) in [5.74, 6) is 0. The van der Waals surface area contributed by atoms with Crippen LogP contribution >= 0.6 is 0 Å². The van der Waals surface area contributed by atoms with Crippen molar-refractivity contribution < 1.29 is 19.1 Å². The zero-order valence-electron chi connectivity index (χ0n) is 18.9. The van der Waals surface area contributed by atoms with Crippen LogP contribution in [0.5, 0.6) is 0 Å². The van der Waals surface area contributed by atoms with Gasteiger partial charge in [0, 0.05) is 18.1 Å². The van der Waals surface area contributed by atoms with E-state index in [2.05, 4.69) is 40.4 Å². The number of likely N-dealkylation sites (tertiary alicyclic amines) is 1. The van der Waals surface area contributed by atoms with Crippen LogP contribution < -0.4 is 0 Å². The quantitative estimate of drug-likeness (QED) is 0.506. The molecule has 1 aliphatic heterocycles. The Morgan fingerprint density at radius 2 is 1.85 bits per heavy atom. The number of ether oxygens (including phenoxy) is 1. The van der Waals surface area contributed by atoms with Gasteiger partial charge in [-0.1, -0.05) is 26.8 Å². The number of hydrogen-bond donors (Lipinski definition) is 1. The van der Waals surface area contributed by atoms with E-state index in [-0.39, 0.29) is 23.7 Å². The summed E-state index contributed by atoms with van der Waals surface area (Å²) in [7, 11) is -1.86. The van der Waals surface area contributed by atoms with Gasteiger partial charge in [0.15, 0.2) is 8.32 Å². The van der Waals surface area contributed by atoms with Gasteiger partial charge in [-0.05, 0) is 58.7 Å². The first-order chi connectivity index (χ1) is 12.1. The van der Waals surface area contributed by atoms with Gasteiger partial charge in [-0.2, -0.15) is 0 Å². The van der Waals surface area contributed by atoms with E-state index >= 15 is 0 Å². The first-order valence-electron chi connectivity index (χ1n) is 10.00. The number of hydrogen-bond acceptors (Lipinski definition) is 4. The first-order valence-corrected chi connectivity index (χ1v) is 12.9. The number of carbonyl (C=O) groups is 1. The molecule has 0 aromatic carbocycles. The molecule has 0 spiro atoms. The lowest BCUT2D eigenvalue weighted by Gasteiger charge is -2.40. The highest BCUT2D eigenvalue weighted by Gasteiger charge is 2.53. The van der Waals surface area contributed by atoms with Crippen molar-refractivity contribution in [3.05, 3.63) is 12.7 Å². The third kappa shape index (κ3) is 5.58. The highest BCUT2D eigenvalue weighted by atomic mass is 28.4. The monoisotopic (exact) mass is 399 g/mol. The Morgan fingerprint density at radius 3 is 2.30 bits per heavy atom. The molecule has 0 aromatic heterocycles. The molecule has 0 aromatic rings. The molecule has 6 heteroatoms. The molecule has 0 saturated carbocycles. The average Bonchev–Trinajstić information content (AvgIpc) is 2.70. The van der Waals surface area contributed by atoms with E-state index in [9.17, 15) is 9.90 Å². The minimum atomic E-state index is -1.86. The van der Waals surface area contributed by atoms with Gasteiger partial charge in [-0.3, -0.25) is 0 Å². The van der Waals surface area contributed by atoms with Crippen LogP contribution in [0, 0.1) is 5.41 Å². The maximum absolute atomic E-state index is 12.6. The van der Waals surface area contributed by atoms with Gasteiger partial charge in [0.1, 0.15) is 5.60 Å². The predicted octanol–water partition coefficient (Wildman–Crippen LogP) is 4.96. The second-order valence-corrected chi connectivity index (χ2v) is 15.2. The van der Waals surface area contributed by atoms with Crippen molar-refractivity contribution in [1.82, 2.24) is 4.90 Å². The van der Waals surface area contributed by atoms with E-state index in [1.165, 1.54) is 0 Å². The van der Waals surface area contributed by atoms with Crippen molar-refractivity contribution in [3.63, 3.8) is 0 Å². The third-order valence-electron chi connectivity index (χ3n) is 6.32. The number of allylic oxidation sites excluding steroid dienone is 1. The highest BCUT2D eigenvalue weighted by molar-refractivity contribution is 6.74. The molecule has 3 atom stereocenters. The van der Waals surface area contributed by atoms with Gasteiger partial charge in [0.2, 0.25) is 0 Å². The lowest BCUT2D eigenvalue weighted by atomic mass is 9.73. The first kappa shape index (κ1) is 24.2. The van der Waals surface area contributed by atoms with Gasteiger partial charge in [0.25, 0.3) is 0 Å². The molecule has 0 radical (unpaired) electrons. The van der Waals surface area contributed by atoms with Gasteiger partial charge in [0.05, 0.1) is 12.6 Å². The molecule has 158 valence electrons. The van der Waals surface area contributed by atoms with Gasteiger partial charge in [-0.15, -0.1) is 6.58 Å². The third-order valence-corrected chi connectivity index (χ3v) is 10.9. The molecule has 27 heavy (non-hydrogen) atoms. The van der Waals surface area contributed by atoms with Crippen LogP contribution in [0.2, 0.25) is 18.1 Å². The number of β-amino-alcohol motifs (C(OH)–C–C–N with tert-alkyl or cyclic N) is 1. The summed E-state index contributed by atoms with van der Waals surface area (Å²) in [5.41, 5.74) is -1.02. The van der Waals surface area contributed by atoms with Gasteiger partial charge in [-0.25, -0.2) is 4.79 Å². The fraction of sp³-hybridized carbons (Fsp3) is 0.857. The fourth-order valence-corrected chi connectivity index (χ4v) is 4.48. The smallest absolute Gasteiger partial charge is 0.410 e. The van der Waals surface area contributed by atoms with Gasteiger partial charge < -0.3 is 19.2 Å². The Balaban J connectivity index is 2.94. The number of nitrogens with zero attached hydrogens (tertiary/aromatic N) is 1. The lowest BCUT2D eigenvalue weighted by molar-refractivity contribution is 0.0135. The Labute approximate surface area is 167 Å². The second-order valence-electron chi connectivity index (χ2n) is 10.4. The molecule has 1 heterocycles. The van der Waals surface area contributed by atoms with Crippen molar-refractivity contribution in [1.29, 1.82) is 0 Å². The molecule has 1 saturated heterocycles. The van der Waals surface area contributed by atoms with E-state index in [4.69, 9.17) is 9.16 Å². The van der Waals surface area contributed by atoms with Crippen LogP contribution in [0.15, 0.2) is 12.7 Å². The van der Waals surface area contributed by atoms with Crippen LogP contribution in [0.25, 0.3) is 0 Å². The van der Waals surface area contributed by atoms with E-state index in [1.807, 2.05) is 33.8 Å². The fourth-order valence-electron chi connectivity index (χ4n) is 3.43. The molecule has 1 rings (SSSR count). The number of aliphatic hydroxyl groups excluding tert-OH is 1. The van der Waals surface area contributed by atoms with Crippen molar-refractivity contribution in [2.24, 2.45) is 5.41 Å². The molecule has 1 amide bonds. The molecule has 0 bridgehead atoms. The molecule has 1 N–H and O–H groups in total. The summed E-state index contributed by atoms with van der Waals surface area (Å²) in [6, 6.07) is -0.150. The summed E-state index contributed by atoms with van der Waals surface area (Å²) in [6.45, 7) is 23.4. The number of aliphatic hydroxyl groups is 1. The number of amides is 1. The maximum atomic E-state index is 12.6. The van der Waals surface area contributed by atoms with Crippen LogP contribution in [0.1, 0.15) is 61.3 Å². The summed E-state index contributed by atoms with van der Waals surface area (Å²) in [5, 5.41) is 11.0. The zero-order valence-corrected chi connectivity index (χ0v) is 19.9. The largest absolute Gasteiger partial charge is 0.444 e. The van der Waals surface area contributed by atoms with Crippen molar-refractivity contribution in [2.75, 3.05) is 13.2 Å². The number of rotatable bonds is 6. The summed E-state index contributed by atoms with van der Waals surface area (Å²) >= 11 is 0. The zero-order chi connectivity index (χ0) is 21.3. The Kier molecular flexibility index (Phi) is 7.39. The van der Waals surface area contributed by atoms with Crippen molar-refractivity contribution >= 4 is 14.4 Å². The van der Waals surface area contributed by atoms with Crippen LogP contribution in [0.4, 0.5) is 4.79 Å². The van der Waals surface area contributed by atoms with E-state index in [0.717, 1.165) is 0 Å². The standard InChI is InChI=1S/C21H41NO4Si/c1-11-12-21(13-14-25-27(9,10)20(6,7)8)16(2)22(15-17(21)23)18(24)26-19(3,4)5/h11,16-17,23H,1,12-15H2,2-10H3/t16-,17?,21?/m1/s1. The molecule has 1 aliphatic rings. The summed E-state index contributed by atoms with van der Waals surface area (Å²) in [6.07, 6.45) is 2.17. The van der Waals surface area contributed by atoms with Gasteiger partial charge >= 0.3 is 6.09 Å². The Bertz CT molecular complexity index is 535. The second kappa shape index (κ2) is 8.25. The topological polar surface area (TPSA) is 59.0 Å². The van der Waals surface area contributed by atoms with Crippen LogP contribution in [-0.2, 0) is 9.16 Å². The van der Waals surface area contributed by atoms with Crippen LogP contribution in [-0.4, -0.2) is 55.3 Å². The minimum absolute atomic E-state index is 0.140. The molecule has 5 nitrogen and oxygen atoms in total. The molecule has 2 unspecified atom stereocenters. The number of carbonyl (C=O) groups excluding carboxylic acids is 1. The maximum Gasteiger partial charge on any atom is 0.410 e. The van der Waals surface area contributed by atoms with E-state index < -0.39 is 25.4 Å². The average molecular weight is 400 g/mol. The summed E-state index contributed by atoms with van der Waals surface area (Å²) in [4.78, 5) is 14.3. The molecule has 1 fully saturated rings.